The normalized spacial score (nSPS) is 23.8. The number of aromatic amines is 1. The molecular formula is C14H17ClN2OS. The van der Waals surface area contributed by atoms with Crippen molar-refractivity contribution in [1.29, 1.82) is 0 Å². The molecule has 5 heteroatoms. The third-order valence-corrected chi connectivity index (χ3v) is 5.32. The van der Waals surface area contributed by atoms with Gasteiger partial charge in [-0.05, 0) is 30.5 Å². The van der Waals surface area contributed by atoms with Gasteiger partial charge in [0, 0.05) is 57.0 Å². The first-order valence-electron chi connectivity index (χ1n) is 6.56. The Morgan fingerprint density at radius 3 is 2.95 bits per heavy atom. The van der Waals surface area contributed by atoms with Crippen LogP contribution in [0.4, 0.5) is 0 Å². The molecule has 3 nitrogen and oxygen atoms in total. The number of rotatable bonds is 3. The summed E-state index contributed by atoms with van der Waals surface area (Å²) in [6.07, 6.45) is 4.07. The Morgan fingerprint density at radius 1 is 1.37 bits per heavy atom. The van der Waals surface area contributed by atoms with Crippen LogP contribution in [0.2, 0.25) is 5.02 Å². The summed E-state index contributed by atoms with van der Waals surface area (Å²) in [5, 5.41) is 5.54. The molecule has 102 valence electrons. The monoisotopic (exact) mass is 296 g/mol. The fraction of sp³-hybridized carbons (Fsp3) is 0.429. The van der Waals surface area contributed by atoms with E-state index in [1.807, 2.05) is 18.3 Å². The van der Waals surface area contributed by atoms with Crippen molar-refractivity contribution >= 4 is 33.3 Å². The van der Waals surface area contributed by atoms with Crippen LogP contribution in [-0.4, -0.2) is 26.7 Å². The molecule has 3 rings (SSSR count). The van der Waals surface area contributed by atoms with E-state index in [1.165, 1.54) is 10.9 Å². The molecule has 0 aliphatic carbocycles. The number of benzene rings is 1. The Bertz CT molecular complexity index is 601. The molecule has 2 aromatic rings. The highest BCUT2D eigenvalue weighted by molar-refractivity contribution is 7.85. The van der Waals surface area contributed by atoms with E-state index in [1.54, 1.807) is 0 Å². The van der Waals surface area contributed by atoms with Crippen molar-refractivity contribution in [3.05, 3.63) is 35.0 Å². The molecule has 0 bridgehead atoms. The van der Waals surface area contributed by atoms with Gasteiger partial charge in [-0.1, -0.05) is 17.7 Å². The quantitative estimate of drug-likeness (QED) is 0.915. The van der Waals surface area contributed by atoms with Crippen molar-refractivity contribution in [2.75, 3.05) is 11.5 Å². The van der Waals surface area contributed by atoms with Gasteiger partial charge in [0.25, 0.3) is 0 Å². The van der Waals surface area contributed by atoms with Gasteiger partial charge in [-0.2, -0.15) is 0 Å². The molecule has 19 heavy (non-hydrogen) atoms. The highest BCUT2D eigenvalue weighted by Crippen LogP contribution is 2.22. The van der Waals surface area contributed by atoms with Crippen molar-refractivity contribution in [3.63, 3.8) is 0 Å². The predicted molar refractivity (Wildman–Crippen MR) is 81.0 cm³/mol. The Balaban J connectivity index is 1.67. The molecule has 1 aromatic carbocycles. The van der Waals surface area contributed by atoms with Gasteiger partial charge in [-0.15, -0.1) is 0 Å². The Labute approximate surface area is 120 Å². The summed E-state index contributed by atoms with van der Waals surface area (Å²) in [7, 11) is -0.587. The Kier molecular flexibility index (Phi) is 3.91. The highest BCUT2D eigenvalue weighted by atomic mass is 35.5. The van der Waals surface area contributed by atoms with Crippen LogP contribution in [0.25, 0.3) is 10.9 Å². The zero-order valence-electron chi connectivity index (χ0n) is 10.6. The van der Waals surface area contributed by atoms with Crippen LogP contribution in [0.1, 0.15) is 18.4 Å². The maximum absolute atomic E-state index is 11.3. The van der Waals surface area contributed by atoms with Crippen LogP contribution >= 0.6 is 11.6 Å². The molecule has 1 fully saturated rings. The lowest BCUT2D eigenvalue weighted by atomic mass is 10.1. The number of halogens is 1. The van der Waals surface area contributed by atoms with Crippen molar-refractivity contribution in [1.82, 2.24) is 10.3 Å². The minimum absolute atomic E-state index is 0.495. The van der Waals surface area contributed by atoms with E-state index in [0.717, 1.165) is 41.4 Å². The van der Waals surface area contributed by atoms with Gasteiger partial charge >= 0.3 is 0 Å². The average Bonchev–Trinajstić information content (AvgIpc) is 2.80. The lowest BCUT2D eigenvalue weighted by Gasteiger charge is -2.22. The minimum atomic E-state index is -0.587. The SMILES string of the molecule is O=S1CCC(NCc2c[nH]c3cc(Cl)ccc23)CC1. The number of aromatic nitrogens is 1. The van der Waals surface area contributed by atoms with Gasteiger partial charge in [0.2, 0.25) is 0 Å². The van der Waals surface area contributed by atoms with E-state index in [4.69, 9.17) is 11.6 Å². The third-order valence-electron chi connectivity index (χ3n) is 3.70. The molecule has 1 aromatic heterocycles. The molecule has 1 aliphatic heterocycles. The first-order valence-corrected chi connectivity index (χ1v) is 8.43. The smallest absolute Gasteiger partial charge is 0.0472 e. The van der Waals surface area contributed by atoms with E-state index in [2.05, 4.69) is 16.4 Å². The number of H-pyrrole nitrogens is 1. The lowest BCUT2D eigenvalue weighted by molar-refractivity contribution is 0.476. The second kappa shape index (κ2) is 5.65. The molecule has 0 unspecified atom stereocenters. The summed E-state index contributed by atoms with van der Waals surface area (Å²) in [6.45, 7) is 0.846. The van der Waals surface area contributed by atoms with Crippen LogP contribution in [0.5, 0.6) is 0 Å². The molecule has 0 saturated carbocycles. The van der Waals surface area contributed by atoms with E-state index < -0.39 is 10.8 Å². The first-order chi connectivity index (χ1) is 9.22. The van der Waals surface area contributed by atoms with Crippen molar-refractivity contribution < 1.29 is 4.21 Å². The second-order valence-electron chi connectivity index (χ2n) is 5.01. The lowest BCUT2D eigenvalue weighted by Crippen LogP contribution is -2.35. The average molecular weight is 297 g/mol. The van der Waals surface area contributed by atoms with Gasteiger partial charge in [-0.3, -0.25) is 4.21 Å². The van der Waals surface area contributed by atoms with E-state index in [0.29, 0.717) is 6.04 Å². The second-order valence-corrected chi connectivity index (χ2v) is 7.14. The van der Waals surface area contributed by atoms with Gasteiger partial charge in [0.05, 0.1) is 0 Å². The molecule has 0 spiro atoms. The summed E-state index contributed by atoms with van der Waals surface area (Å²) in [6, 6.07) is 6.42. The van der Waals surface area contributed by atoms with Gasteiger partial charge in [0.1, 0.15) is 0 Å². The number of nitrogens with one attached hydrogen (secondary N) is 2. The summed E-state index contributed by atoms with van der Waals surface area (Å²) in [4.78, 5) is 3.25. The van der Waals surface area contributed by atoms with Crippen LogP contribution < -0.4 is 5.32 Å². The fourth-order valence-electron chi connectivity index (χ4n) is 2.56. The van der Waals surface area contributed by atoms with Gasteiger partial charge in [0.15, 0.2) is 0 Å². The topological polar surface area (TPSA) is 44.9 Å². The van der Waals surface area contributed by atoms with E-state index in [-0.39, 0.29) is 0 Å². The highest BCUT2D eigenvalue weighted by Gasteiger charge is 2.17. The molecular weight excluding hydrogens is 280 g/mol. The van der Waals surface area contributed by atoms with Gasteiger partial charge in [-0.25, -0.2) is 0 Å². The molecule has 0 atom stereocenters. The largest absolute Gasteiger partial charge is 0.361 e. The van der Waals surface area contributed by atoms with Crippen molar-refractivity contribution in [3.8, 4) is 0 Å². The molecule has 2 heterocycles. The molecule has 0 amide bonds. The zero-order valence-corrected chi connectivity index (χ0v) is 12.2. The minimum Gasteiger partial charge on any atom is -0.361 e. The molecule has 1 aliphatic rings. The maximum Gasteiger partial charge on any atom is 0.0472 e. The predicted octanol–water partition coefficient (Wildman–Crippen LogP) is 2.82. The summed E-state index contributed by atoms with van der Waals surface area (Å²) in [5.74, 6) is 1.67. The van der Waals surface area contributed by atoms with Gasteiger partial charge < -0.3 is 10.3 Å². The van der Waals surface area contributed by atoms with E-state index in [9.17, 15) is 4.21 Å². The first kappa shape index (κ1) is 13.2. The molecule has 0 radical (unpaired) electrons. The molecule has 1 saturated heterocycles. The number of hydrogen-bond acceptors (Lipinski definition) is 2. The standard InChI is InChI=1S/C14H17ClN2OS/c15-11-1-2-13-10(9-17-14(13)7-11)8-16-12-3-5-19(18)6-4-12/h1-2,7,9,12,16-17H,3-6,8H2. The van der Waals surface area contributed by atoms with Crippen LogP contribution in [0, 0.1) is 0 Å². The number of fused-ring (bicyclic) bond motifs is 1. The van der Waals surface area contributed by atoms with E-state index >= 15 is 0 Å². The molecule has 2 N–H and O–H groups in total. The van der Waals surface area contributed by atoms with Crippen molar-refractivity contribution in [2.24, 2.45) is 0 Å². The van der Waals surface area contributed by atoms with Crippen molar-refractivity contribution in [2.45, 2.75) is 25.4 Å². The Hall–Kier alpha value is -0.840. The summed E-state index contributed by atoms with van der Waals surface area (Å²) >= 11 is 5.98. The fourth-order valence-corrected chi connectivity index (χ4v) is 4.03. The zero-order chi connectivity index (χ0) is 13.2. The third kappa shape index (κ3) is 3.02. The maximum atomic E-state index is 11.3. The summed E-state index contributed by atoms with van der Waals surface area (Å²) < 4.78 is 11.3. The summed E-state index contributed by atoms with van der Waals surface area (Å²) in [5.41, 5.74) is 2.34. The van der Waals surface area contributed by atoms with Crippen LogP contribution in [-0.2, 0) is 17.3 Å². The van der Waals surface area contributed by atoms with Crippen LogP contribution in [0.3, 0.4) is 0 Å². The Morgan fingerprint density at radius 2 is 2.16 bits per heavy atom. The van der Waals surface area contributed by atoms with Crippen LogP contribution in [0.15, 0.2) is 24.4 Å². The number of hydrogen-bond donors (Lipinski definition) is 2.